The van der Waals surface area contributed by atoms with Crippen molar-refractivity contribution in [2.24, 2.45) is 0 Å². The lowest BCUT2D eigenvalue weighted by Crippen LogP contribution is -1.92. The van der Waals surface area contributed by atoms with Crippen molar-refractivity contribution < 1.29 is 9.90 Å². The average molecular weight is 347 g/mol. The Kier molecular flexibility index (Phi) is 19.5. The van der Waals surface area contributed by atoms with Crippen molar-refractivity contribution >= 4 is 5.97 Å². The zero-order valence-electron chi connectivity index (χ0n) is 16.4. The topological polar surface area (TPSA) is 37.3 Å². The van der Waals surface area contributed by atoms with E-state index in [9.17, 15) is 4.79 Å². The van der Waals surface area contributed by atoms with Gasteiger partial charge in [0.2, 0.25) is 0 Å². The van der Waals surface area contributed by atoms with Gasteiger partial charge in [-0.1, -0.05) is 89.4 Å². The molecular weight excluding hydrogens is 308 g/mol. The molecule has 0 aliphatic carbocycles. The van der Waals surface area contributed by atoms with Crippen molar-refractivity contribution in [1.82, 2.24) is 0 Å². The van der Waals surface area contributed by atoms with Crippen LogP contribution in [0, 0.1) is 23.7 Å². The minimum Gasteiger partial charge on any atom is -0.481 e. The summed E-state index contributed by atoms with van der Waals surface area (Å²) in [5.41, 5.74) is 0. The minimum atomic E-state index is -0.727. The first-order chi connectivity index (χ1) is 12.3. The van der Waals surface area contributed by atoms with Crippen molar-refractivity contribution in [2.75, 3.05) is 0 Å². The van der Waals surface area contributed by atoms with Crippen LogP contribution >= 0.6 is 0 Å². The molecule has 1 N–H and O–H groups in total. The van der Waals surface area contributed by atoms with Crippen LogP contribution in [0.25, 0.3) is 0 Å². The van der Waals surface area contributed by atoms with E-state index in [0.29, 0.717) is 6.42 Å². The Morgan fingerprint density at radius 3 is 1.48 bits per heavy atom. The zero-order chi connectivity index (χ0) is 18.4. The lowest BCUT2D eigenvalue weighted by molar-refractivity contribution is -0.137. The van der Waals surface area contributed by atoms with Gasteiger partial charge in [0.1, 0.15) is 0 Å². The summed E-state index contributed by atoms with van der Waals surface area (Å²) < 4.78 is 0. The number of hydrogen-bond acceptors (Lipinski definition) is 1. The molecule has 0 saturated carbocycles. The molecule has 0 spiro atoms. The zero-order valence-corrected chi connectivity index (χ0v) is 16.4. The molecule has 0 saturated heterocycles. The summed E-state index contributed by atoms with van der Waals surface area (Å²) >= 11 is 0. The van der Waals surface area contributed by atoms with Gasteiger partial charge in [-0.25, -0.2) is 0 Å². The second kappa shape index (κ2) is 20.6. The molecule has 0 radical (unpaired) electrons. The van der Waals surface area contributed by atoms with Crippen LogP contribution < -0.4 is 0 Å². The van der Waals surface area contributed by atoms with Crippen LogP contribution in [0.3, 0.4) is 0 Å². The highest BCUT2D eigenvalue weighted by Crippen LogP contribution is 2.12. The van der Waals surface area contributed by atoms with Gasteiger partial charge in [-0.05, 0) is 31.1 Å². The number of hydrogen-bond donors (Lipinski definition) is 1. The van der Waals surface area contributed by atoms with Crippen LogP contribution in [-0.4, -0.2) is 11.1 Å². The van der Waals surface area contributed by atoms with Gasteiger partial charge in [-0.3, -0.25) is 4.79 Å². The van der Waals surface area contributed by atoms with E-state index in [-0.39, 0.29) is 6.42 Å². The van der Waals surface area contributed by atoms with Gasteiger partial charge in [0.05, 0.1) is 0 Å². The molecule has 0 unspecified atom stereocenters. The van der Waals surface area contributed by atoms with Crippen molar-refractivity contribution in [1.29, 1.82) is 0 Å². The molecule has 25 heavy (non-hydrogen) atoms. The van der Waals surface area contributed by atoms with Crippen molar-refractivity contribution in [3.05, 3.63) is 0 Å². The summed E-state index contributed by atoms with van der Waals surface area (Å²) in [6.45, 7) is 2.27. The third kappa shape index (κ3) is 22.6. The molecule has 0 heterocycles. The van der Waals surface area contributed by atoms with E-state index in [4.69, 9.17) is 5.11 Å². The normalized spacial score (nSPS) is 9.80. The Bertz CT molecular complexity index is 417. The SMILES string of the molecule is CCCCCCCCCCCCCCC#CC#CCCCCC(=O)O. The quantitative estimate of drug-likeness (QED) is 0.248. The number of aliphatic carboxylic acids is 1. The lowest BCUT2D eigenvalue weighted by Gasteiger charge is -2.01. The second-order valence-corrected chi connectivity index (χ2v) is 6.84. The highest BCUT2D eigenvalue weighted by atomic mass is 16.4. The summed E-state index contributed by atoms with van der Waals surface area (Å²) in [6.07, 6.45) is 19.9. The Balaban J connectivity index is 3.22. The van der Waals surface area contributed by atoms with Gasteiger partial charge in [0.25, 0.3) is 0 Å². The standard InChI is InChI=1S/C23H38O2/c1-2-3-4-5-6-7-8-9-10-11-12-13-14-15-16-17-18-19-20-21-22-23(24)25/h2-14,19-22H2,1H3,(H,24,25). The number of carbonyl (C=O) groups is 1. The first-order valence-electron chi connectivity index (χ1n) is 10.4. The maximum atomic E-state index is 10.3. The highest BCUT2D eigenvalue weighted by molar-refractivity contribution is 5.66. The Morgan fingerprint density at radius 1 is 0.640 bits per heavy atom. The first kappa shape index (κ1) is 23.6. The van der Waals surface area contributed by atoms with Crippen LogP contribution in [-0.2, 0) is 4.79 Å². The second-order valence-electron chi connectivity index (χ2n) is 6.84. The molecule has 0 fully saturated rings. The van der Waals surface area contributed by atoms with E-state index in [1.165, 1.54) is 77.0 Å². The molecule has 0 aliphatic rings. The van der Waals surface area contributed by atoms with Crippen molar-refractivity contribution in [3.63, 3.8) is 0 Å². The van der Waals surface area contributed by atoms with Gasteiger partial charge in [-0.2, -0.15) is 0 Å². The largest absolute Gasteiger partial charge is 0.481 e. The monoisotopic (exact) mass is 346 g/mol. The molecule has 2 heteroatoms. The molecule has 0 atom stereocenters. The average Bonchev–Trinajstić information content (AvgIpc) is 2.60. The fourth-order valence-corrected chi connectivity index (χ4v) is 2.76. The fourth-order valence-electron chi connectivity index (χ4n) is 2.76. The smallest absolute Gasteiger partial charge is 0.303 e. The Hall–Kier alpha value is -1.41. The van der Waals surface area contributed by atoms with Crippen LogP contribution in [0.4, 0.5) is 0 Å². The van der Waals surface area contributed by atoms with E-state index >= 15 is 0 Å². The Labute approximate surface area is 156 Å². The summed E-state index contributed by atoms with van der Waals surface area (Å²) in [6, 6.07) is 0. The van der Waals surface area contributed by atoms with Crippen LogP contribution in [0.15, 0.2) is 0 Å². The maximum absolute atomic E-state index is 10.3. The Morgan fingerprint density at radius 2 is 1.04 bits per heavy atom. The van der Waals surface area contributed by atoms with E-state index in [0.717, 1.165) is 19.3 Å². The summed E-state index contributed by atoms with van der Waals surface area (Å²) in [5.74, 6) is 11.1. The van der Waals surface area contributed by atoms with Crippen LogP contribution in [0.5, 0.6) is 0 Å². The van der Waals surface area contributed by atoms with Crippen LogP contribution in [0.2, 0.25) is 0 Å². The molecule has 0 bridgehead atoms. The summed E-state index contributed by atoms with van der Waals surface area (Å²) in [5, 5.41) is 8.51. The number of unbranched alkanes of at least 4 members (excludes halogenated alkanes) is 14. The molecule has 0 rings (SSSR count). The number of carboxylic acid groups (broad SMARTS) is 1. The lowest BCUT2D eigenvalue weighted by atomic mass is 10.0. The molecule has 0 aromatic rings. The van der Waals surface area contributed by atoms with Crippen molar-refractivity contribution in [3.8, 4) is 23.7 Å². The number of rotatable bonds is 16. The van der Waals surface area contributed by atoms with Gasteiger partial charge in [0.15, 0.2) is 0 Å². The number of carboxylic acids is 1. The predicted molar refractivity (Wildman–Crippen MR) is 107 cm³/mol. The molecule has 2 nitrogen and oxygen atoms in total. The first-order valence-corrected chi connectivity index (χ1v) is 10.4. The molecule has 142 valence electrons. The predicted octanol–water partition coefficient (Wildman–Crippen LogP) is 6.73. The third-order valence-corrected chi connectivity index (χ3v) is 4.34. The highest BCUT2D eigenvalue weighted by Gasteiger charge is 1.94. The van der Waals surface area contributed by atoms with E-state index in [2.05, 4.69) is 30.6 Å². The summed E-state index contributed by atoms with van der Waals surface area (Å²) in [7, 11) is 0. The van der Waals surface area contributed by atoms with Gasteiger partial charge < -0.3 is 5.11 Å². The van der Waals surface area contributed by atoms with E-state index in [1.807, 2.05) is 0 Å². The molecule has 0 aromatic carbocycles. The molecule has 0 aromatic heterocycles. The summed E-state index contributed by atoms with van der Waals surface area (Å²) in [4.78, 5) is 10.3. The van der Waals surface area contributed by atoms with Crippen LogP contribution in [0.1, 0.15) is 116 Å². The molecule has 0 amide bonds. The third-order valence-electron chi connectivity index (χ3n) is 4.34. The maximum Gasteiger partial charge on any atom is 0.303 e. The van der Waals surface area contributed by atoms with Crippen molar-refractivity contribution in [2.45, 2.75) is 116 Å². The minimum absolute atomic E-state index is 0.242. The van der Waals surface area contributed by atoms with Gasteiger partial charge >= 0.3 is 5.97 Å². The fraction of sp³-hybridized carbons (Fsp3) is 0.783. The molecular formula is C23H38O2. The van der Waals surface area contributed by atoms with Gasteiger partial charge in [-0.15, -0.1) is 0 Å². The van der Waals surface area contributed by atoms with Gasteiger partial charge in [0, 0.05) is 19.3 Å². The van der Waals surface area contributed by atoms with E-state index in [1.54, 1.807) is 0 Å². The van der Waals surface area contributed by atoms with E-state index < -0.39 is 5.97 Å². The molecule has 0 aliphatic heterocycles.